The number of ether oxygens (including phenoxy) is 3. The molecule has 30 heavy (non-hydrogen) atoms. The second-order valence-corrected chi connectivity index (χ2v) is 6.81. The van der Waals surface area contributed by atoms with Gasteiger partial charge in [-0.2, -0.15) is 0 Å². The number of nitrogens with zero attached hydrogens (tertiary/aromatic N) is 2. The van der Waals surface area contributed by atoms with Gasteiger partial charge < -0.3 is 19.1 Å². The van der Waals surface area contributed by atoms with Crippen molar-refractivity contribution in [3.8, 4) is 11.5 Å². The third-order valence-corrected chi connectivity index (χ3v) is 5.14. The molecule has 0 radical (unpaired) electrons. The Morgan fingerprint density at radius 1 is 0.900 bits per heavy atom. The zero-order valence-electron chi connectivity index (χ0n) is 16.7. The quantitative estimate of drug-likeness (QED) is 0.703. The first-order valence-electron chi connectivity index (χ1n) is 9.49. The number of methoxy groups -OCH3 is 2. The molecule has 7 nitrogen and oxygen atoms in total. The highest BCUT2D eigenvalue weighted by Crippen LogP contribution is 2.38. The summed E-state index contributed by atoms with van der Waals surface area (Å²) in [5, 5.41) is 0. The standard InChI is InChI=1S/C22H21FN2O5/c1-28-17-8-7-16(13-18(17)29-2)25-21(26)19(14-3-5-15(23)6-4-14)20(22(25)27)24-9-11-30-12-10-24/h3-8,13H,9-12H2,1-2H3. The van der Waals surface area contributed by atoms with Crippen LogP contribution < -0.4 is 14.4 Å². The lowest BCUT2D eigenvalue weighted by Crippen LogP contribution is -2.40. The van der Waals surface area contributed by atoms with Crippen LogP contribution in [0.2, 0.25) is 0 Å². The maximum absolute atomic E-state index is 13.5. The van der Waals surface area contributed by atoms with E-state index in [-0.39, 0.29) is 5.57 Å². The monoisotopic (exact) mass is 412 g/mol. The van der Waals surface area contributed by atoms with E-state index in [4.69, 9.17) is 14.2 Å². The summed E-state index contributed by atoms with van der Waals surface area (Å²) in [6.07, 6.45) is 0. The van der Waals surface area contributed by atoms with Crippen LogP contribution in [0.4, 0.5) is 10.1 Å². The van der Waals surface area contributed by atoms with Crippen molar-refractivity contribution in [2.45, 2.75) is 0 Å². The fourth-order valence-corrected chi connectivity index (χ4v) is 3.67. The Morgan fingerprint density at radius 3 is 2.20 bits per heavy atom. The minimum Gasteiger partial charge on any atom is -0.493 e. The van der Waals surface area contributed by atoms with Gasteiger partial charge in [0.25, 0.3) is 11.8 Å². The van der Waals surface area contributed by atoms with Gasteiger partial charge in [-0.3, -0.25) is 9.59 Å². The predicted octanol–water partition coefficient (Wildman–Crippen LogP) is 2.46. The average molecular weight is 412 g/mol. The zero-order valence-corrected chi connectivity index (χ0v) is 16.7. The van der Waals surface area contributed by atoms with Crippen molar-refractivity contribution < 1.29 is 28.2 Å². The van der Waals surface area contributed by atoms with Gasteiger partial charge in [0.2, 0.25) is 0 Å². The van der Waals surface area contributed by atoms with Crippen molar-refractivity contribution in [2.75, 3.05) is 45.4 Å². The van der Waals surface area contributed by atoms with Gasteiger partial charge in [0.1, 0.15) is 11.5 Å². The van der Waals surface area contributed by atoms with Crippen molar-refractivity contribution in [3.63, 3.8) is 0 Å². The number of amides is 2. The highest BCUT2D eigenvalue weighted by molar-refractivity contribution is 6.45. The van der Waals surface area contributed by atoms with Crippen LogP contribution in [0.5, 0.6) is 11.5 Å². The SMILES string of the molecule is COc1ccc(N2C(=O)C(c3ccc(F)cc3)=C(N3CCOCC3)C2=O)cc1OC. The van der Waals surface area contributed by atoms with Crippen LogP contribution in [-0.4, -0.2) is 57.2 Å². The Labute approximate surface area is 173 Å². The molecule has 0 spiro atoms. The summed E-state index contributed by atoms with van der Waals surface area (Å²) in [5.74, 6) is -0.436. The van der Waals surface area contributed by atoms with E-state index in [0.29, 0.717) is 54.8 Å². The van der Waals surface area contributed by atoms with Crippen LogP contribution in [0.15, 0.2) is 48.2 Å². The summed E-state index contributed by atoms with van der Waals surface area (Å²) in [7, 11) is 2.99. The van der Waals surface area contributed by atoms with Crippen LogP contribution in [0.1, 0.15) is 5.56 Å². The van der Waals surface area contributed by atoms with Crippen LogP contribution in [0, 0.1) is 5.82 Å². The van der Waals surface area contributed by atoms with Crippen LogP contribution in [0.25, 0.3) is 5.57 Å². The third-order valence-electron chi connectivity index (χ3n) is 5.14. The molecule has 2 heterocycles. The van der Waals surface area contributed by atoms with Gasteiger partial charge in [-0.05, 0) is 29.8 Å². The number of halogens is 1. The summed E-state index contributed by atoms with van der Waals surface area (Å²) >= 11 is 0. The Hall–Kier alpha value is -3.39. The van der Waals surface area contributed by atoms with E-state index >= 15 is 0 Å². The molecule has 0 bridgehead atoms. The molecule has 4 rings (SSSR count). The van der Waals surface area contributed by atoms with Crippen LogP contribution in [-0.2, 0) is 14.3 Å². The number of imide groups is 1. The smallest absolute Gasteiger partial charge is 0.282 e. The molecule has 2 aromatic carbocycles. The number of carbonyl (C=O) groups excluding carboxylic acids is 2. The minimum atomic E-state index is -0.472. The molecule has 0 aromatic heterocycles. The molecule has 156 valence electrons. The van der Waals surface area contributed by atoms with Gasteiger partial charge in [-0.25, -0.2) is 9.29 Å². The molecule has 2 aliphatic heterocycles. The lowest BCUT2D eigenvalue weighted by Gasteiger charge is -2.29. The van der Waals surface area contributed by atoms with Crippen molar-refractivity contribution >= 4 is 23.1 Å². The van der Waals surface area contributed by atoms with Crippen molar-refractivity contribution in [1.29, 1.82) is 0 Å². The second-order valence-electron chi connectivity index (χ2n) is 6.81. The summed E-state index contributed by atoms with van der Waals surface area (Å²) in [4.78, 5) is 29.8. The van der Waals surface area contributed by atoms with Gasteiger partial charge in [-0.15, -0.1) is 0 Å². The number of benzene rings is 2. The average Bonchev–Trinajstić information content (AvgIpc) is 3.04. The summed E-state index contributed by atoms with van der Waals surface area (Å²) < 4.78 is 29.4. The molecular formula is C22H21FN2O5. The van der Waals surface area contributed by atoms with Crippen molar-refractivity contribution in [3.05, 3.63) is 59.5 Å². The lowest BCUT2D eigenvalue weighted by atomic mass is 10.0. The van der Waals surface area contributed by atoms with E-state index in [0.717, 1.165) is 4.90 Å². The Kier molecular flexibility index (Phi) is 5.41. The largest absolute Gasteiger partial charge is 0.493 e. The first kappa shape index (κ1) is 19.9. The molecule has 1 fully saturated rings. The summed E-state index contributed by atoms with van der Waals surface area (Å²) in [6.45, 7) is 1.88. The molecule has 0 N–H and O–H groups in total. The van der Waals surface area contributed by atoms with Gasteiger partial charge in [0.05, 0.1) is 38.7 Å². The molecule has 0 unspecified atom stereocenters. The van der Waals surface area contributed by atoms with Crippen LogP contribution >= 0.6 is 0 Å². The second kappa shape index (κ2) is 8.16. The lowest BCUT2D eigenvalue weighted by molar-refractivity contribution is -0.121. The number of hydrogen-bond donors (Lipinski definition) is 0. The fourth-order valence-electron chi connectivity index (χ4n) is 3.67. The molecule has 2 amide bonds. The molecule has 1 saturated heterocycles. The Bertz CT molecular complexity index is 1010. The van der Waals surface area contributed by atoms with E-state index < -0.39 is 17.6 Å². The maximum Gasteiger partial charge on any atom is 0.282 e. The Balaban J connectivity index is 1.81. The van der Waals surface area contributed by atoms with Gasteiger partial charge in [0.15, 0.2) is 11.5 Å². The molecule has 2 aliphatic rings. The topological polar surface area (TPSA) is 68.3 Å². The zero-order chi connectivity index (χ0) is 21.3. The fraction of sp³-hybridized carbons (Fsp3) is 0.273. The number of morpholine rings is 1. The van der Waals surface area contributed by atoms with Crippen molar-refractivity contribution in [1.82, 2.24) is 4.90 Å². The molecule has 0 aliphatic carbocycles. The number of carbonyl (C=O) groups is 2. The first-order valence-corrected chi connectivity index (χ1v) is 9.49. The summed E-state index contributed by atoms with van der Waals surface area (Å²) in [6, 6.07) is 10.4. The maximum atomic E-state index is 13.5. The molecule has 8 heteroatoms. The molecular weight excluding hydrogens is 391 g/mol. The van der Waals surface area contributed by atoms with E-state index in [1.54, 1.807) is 18.2 Å². The third kappa shape index (κ3) is 3.39. The van der Waals surface area contributed by atoms with E-state index in [9.17, 15) is 14.0 Å². The number of rotatable bonds is 5. The molecule has 0 atom stereocenters. The molecule has 2 aromatic rings. The Morgan fingerprint density at radius 2 is 1.57 bits per heavy atom. The highest BCUT2D eigenvalue weighted by Gasteiger charge is 2.43. The number of hydrogen-bond acceptors (Lipinski definition) is 6. The van der Waals surface area contributed by atoms with Crippen LogP contribution in [0.3, 0.4) is 0 Å². The van der Waals surface area contributed by atoms with Gasteiger partial charge >= 0.3 is 0 Å². The molecule has 0 saturated carbocycles. The minimum absolute atomic E-state index is 0.247. The van der Waals surface area contributed by atoms with E-state index in [1.165, 1.54) is 38.5 Å². The summed E-state index contributed by atoms with van der Waals surface area (Å²) in [5.41, 5.74) is 1.39. The van der Waals surface area contributed by atoms with E-state index in [1.807, 2.05) is 4.90 Å². The van der Waals surface area contributed by atoms with Gasteiger partial charge in [-0.1, -0.05) is 12.1 Å². The van der Waals surface area contributed by atoms with Gasteiger partial charge in [0, 0.05) is 19.2 Å². The van der Waals surface area contributed by atoms with Crippen molar-refractivity contribution in [2.24, 2.45) is 0 Å². The number of anilines is 1. The predicted molar refractivity (Wildman–Crippen MR) is 108 cm³/mol. The first-order chi connectivity index (χ1) is 14.5. The highest BCUT2D eigenvalue weighted by atomic mass is 19.1. The normalized spacial score (nSPS) is 17.0. The van der Waals surface area contributed by atoms with E-state index in [2.05, 4.69) is 0 Å².